The van der Waals surface area contributed by atoms with E-state index in [0.717, 1.165) is 34.6 Å². The summed E-state index contributed by atoms with van der Waals surface area (Å²) in [6, 6.07) is 41.2. The lowest BCUT2D eigenvalue weighted by Gasteiger charge is -2.26. The summed E-state index contributed by atoms with van der Waals surface area (Å²) in [6.45, 7) is 4.86. The lowest BCUT2D eigenvalue weighted by Crippen LogP contribution is -2.14. The molecular weight excluding hydrogens is 605 g/mol. The number of rotatable bonds is 4. The summed E-state index contributed by atoms with van der Waals surface area (Å²) in [5, 5.41) is 5.85. The van der Waals surface area contributed by atoms with E-state index in [1.807, 2.05) is 60.9 Å². The zero-order chi connectivity index (χ0) is 33.3. The quantitative estimate of drug-likeness (QED) is 0.167. The smallest absolute Gasteiger partial charge is 0.0713 e. The minimum Gasteiger partial charge on any atom is -0.399 e. The van der Waals surface area contributed by atoms with Crippen molar-refractivity contribution >= 4 is 61.9 Å². The standard InChI is InChI=1S/C24H20N2S.C13H13N.C6H7N/c1-16-5-2-3-14-26(18-10-8-17(15-25)9-11-18)23-19(16)12-13-21-20-6-4-7-22(20)27-24(21)23;1-14-13-9-5-8-12(10-13)11-6-3-2-4-7-11;7-6-4-2-1-3-5-6/h2-3,5-14H,1,4,15,25H2;2-10,14H,1H3;1-5H,7H2/b5-2-,14-3-;;. The molecule has 2 heterocycles. The molecule has 0 fully saturated rings. The molecule has 8 rings (SSSR count). The largest absolute Gasteiger partial charge is 0.399 e. The van der Waals surface area contributed by atoms with Crippen molar-refractivity contribution in [3.05, 3.63) is 173 Å². The highest BCUT2D eigenvalue weighted by Crippen LogP contribution is 2.40. The number of anilines is 4. The number of hydrogen-bond donors (Lipinski definition) is 3. The number of allylic oxidation sites excluding steroid dienone is 4. The molecule has 2 aliphatic rings. The molecule has 0 unspecified atom stereocenters. The number of nitrogens with two attached hydrogens (primary N) is 2. The molecule has 6 aromatic rings. The van der Waals surface area contributed by atoms with E-state index in [4.69, 9.17) is 11.5 Å². The fourth-order valence-electron chi connectivity index (χ4n) is 5.75. The first kappa shape index (κ1) is 32.3. The molecule has 0 amide bonds. The van der Waals surface area contributed by atoms with Crippen LogP contribution in [0.15, 0.2) is 152 Å². The summed E-state index contributed by atoms with van der Waals surface area (Å²) in [5.41, 5.74) is 21.3. The van der Waals surface area contributed by atoms with Gasteiger partial charge in [-0.25, -0.2) is 0 Å². The van der Waals surface area contributed by atoms with E-state index in [-0.39, 0.29) is 0 Å². The Labute approximate surface area is 287 Å². The van der Waals surface area contributed by atoms with Crippen LogP contribution in [0.2, 0.25) is 0 Å². The zero-order valence-electron chi connectivity index (χ0n) is 27.1. The minimum absolute atomic E-state index is 0.555. The summed E-state index contributed by atoms with van der Waals surface area (Å²) in [6.07, 6.45) is 14.0. The maximum Gasteiger partial charge on any atom is 0.0713 e. The molecule has 1 aromatic heterocycles. The van der Waals surface area contributed by atoms with Crippen LogP contribution in [-0.4, -0.2) is 7.05 Å². The number of benzene rings is 5. The minimum atomic E-state index is 0.555. The first-order valence-electron chi connectivity index (χ1n) is 16.1. The third-order valence-electron chi connectivity index (χ3n) is 8.26. The van der Waals surface area contributed by atoms with Gasteiger partial charge in [-0.2, -0.15) is 0 Å². The molecule has 0 bridgehead atoms. The first-order valence-corrected chi connectivity index (χ1v) is 16.9. The van der Waals surface area contributed by atoms with Crippen molar-refractivity contribution in [3.63, 3.8) is 0 Å². The molecule has 238 valence electrons. The number of nitrogens with zero attached hydrogens (tertiary/aromatic N) is 1. The van der Waals surface area contributed by atoms with Gasteiger partial charge in [-0.1, -0.05) is 116 Å². The molecule has 5 aromatic carbocycles. The maximum absolute atomic E-state index is 5.78. The van der Waals surface area contributed by atoms with Gasteiger partial charge in [0.1, 0.15) is 0 Å². The molecule has 1 aliphatic heterocycles. The van der Waals surface area contributed by atoms with Crippen LogP contribution in [0.4, 0.5) is 22.7 Å². The number of hydrogen-bond acceptors (Lipinski definition) is 5. The van der Waals surface area contributed by atoms with Gasteiger partial charge >= 0.3 is 0 Å². The molecule has 48 heavy (non-hydrogen) atoms. The SMILES string of the molecule is C=C1/C=C\C=C/N(c2ccc(CN)cc2)c2c1ccc1c3c(sc21)=CCC=3.CNc1cccc(-c2ccccc2)c1.Nc1ccccc1. The predicted molar refractivity (Wildman–Crippen MR) is 211 cm³/mol. The monoisotopic (exact) mass is 644 g/mol. The second-order valence-corrected chi connectivity index (χ2v) is 12.5. The van der Waals surface area contributed by atoms with Crippen molar-refractivity contribution in [1.82, 2.24) is 0 Å². The van der Waals surface area contributed by atoms with Gasteiger partial charge < -0.3 is 21.7 Å². The van der Waals surface area contributed by atoms with Crippen LogP contribution < -0.4 is 31.4 Å². The summed E-state index contributed by atoms with van der Waals surface area (Å²) in [7, 11) is 1.93. The Kier molecular flexibility index (Phi) is 10.3. The van der Waals surface area contributed by atoms with E-state index in [2.05, 4.69) is 132 Å². The number of nitrogens with one attached hydrogen (secondary N) is 1. The number of para-hydroxylation sites is 1. The van der Waals surface area contributed by atoms with E-state index in [9.17, 15) is 0 Å². The van der Waals surface area contributed by atoms with Gasteiger partial charge in [-0.3, -0.25) is 0 Å². The zero-order valence-corrected chi connectivity index (χ0v) is 28.0. The second-order valence-electron chi connectivity index (χ2n) is 11.4. The van der Waals surface area contributed by atoms with Gasteiger partial charge in [0.15, 0.2) is 0 Å². The fourth-order valence-corrected chi connectivity index (χ4v) is 7.04. The summed E-state index contributed by atoms with van der Waals surface area (Å²) >= 11 is 1.88. The Morgan fingerprint density at radius 1 is 0.792 bits per heavy atom. The van der Waals surface area contributed by atoms with E-state index < -0.39 is 0 Å². The number of thiophene rings is 1. The Morgan fingerprint density at radius 2 is 1.52 bits per heavy atom. The molecule has 0 spiro atoms. The average molecular weight is 645 g/mol. The van der Waals surface area contributed by atoms with E-state index in [1.165, 1.54) is 42.2 Å². The fraction of sp³-hybridized carbons (Fsp3) is 0.0698. The summed E-state index contributed by atoms with van der Waals surface area (Å²) < 4.78 is 2.69. The van der Waals surface area contributed by atoms with Gasteiger partial charge in [0.05, 0.1) is 10.4 Å². The second kappa shape index (κ2) is 15.3. The van der Waals surface area contributed by atoms with Crippen LogP contribution in [0, 0.1) is 0 Å². The Balaban J connectivity index is 0.000000158. The average Bonchev–Trinajstić information content (AvgIpc) is 3.74. The van der Waals surface area contributed by atoms with Gasteiger partial charge in [-0.15, -0.1) is 11.3 Å². The van der Waals surface area contributed by atoms with Crippen LogP contribution in [-0.2, 0) is 6.54 Å². The Bertz CT molecular complexity index is 2200. The third kappa shape index (κ3) is 7.34. The lowest BCUT2D eigenvalue weighted by molar-refractivity contribution is 1.07. The Morgan fingerprint density at radius 3 is 2.21 bits per heavy atom. The van der Waals surface area contributed by atoms with Crippen LogP contribution >= 0.6 is 11.3 Å². The maximum atomic E-state index is 5.78. The predicted octanol–water partition coefficient (Wildman–Crippen LogP) is 9.22. The highest BCUT2D eigenvalue weighted by molar-refractivity contribution is 7.17. The van der Waals surface area contributed by atoms with Gasteiger partial charge in [0.25, 0.3) is 0 Å². The van der Waals surface area contributed by atoms with Crippen molar-refractivity contribution in [2.24, 2.45) is 5.73 Å². The molecule has 5 N–H and O–H groups in total. The number of nitrogen functional groups attached to an aromatic ring is 1. The highest BCUT2D eigenvalue weighted by atomic mass is 32.1. The molecule has 4 nitrogen and oxygen atoms in total. The molecular formula is C43H40N4S. The van der Waals surface area contributed by atoms with Crippen LogP contribution in [0.5, 0.6) is 0 Å². The Hall–Kier alpha value is -5.62. The molecule has 1 aliphatic carbocycles. The summed E-state index contributed by atoms with van der Waals surface area (Å²) in [4.78, 5) is 2.28. The molecule has 0 saturated carbocycles. The lowest BCUT2D eigenvalue weighted by atomic mass is 10.00. The molecule has 0 radical (unpaired) electrons. The molecule has 0 atom stereocenters. The molecule has 0 saturated heterocycles. The number of fused-ring (bicyclic) bond motifs is 5. The highest BCUT2D eigenvalue weighted by Gasteiger charge is 2.20. The normalized spacial score (nSPS) is 14.0. The first-order chi connectivity index (χ1) is 23.6. The van der Waals surface area contributed by atoms with Crippen LogP contribution in [0.1, 0.15) is 17.5 Å². The summed E-state index contributed by atoms with van der Waals surface area (Å²) in [5.74, 6) is 0. The van der Waals surface area contributed by atoms with E-state index in [1.54, 1.807) is 0 Å². The van der Waals surface area contributed by atoms with Crippen LogP contribution in [0.3, 0.4) is 0 Å². The van der Waals surface area contributed by atoms with Gasteiger partial charge in [0, 0.05) is 52.3 Å². The van der Waals surface area contributed by atoms with Gasteiger partial charge in [-0.05, 0) is 76.4 Å². The van der Waals surface area contributed by atoms with Crippen molar-refractivity contribution < 1.29 is 0 Å². The van der Waals surface area contributed by atoms with Gasteiger partial charge in [0.2, 0.25) is 0 Å². The van der Waals surface area contributed by atoms with Crippen molar-refractivity contribution in [3.8, 4) is 11.1 Å². The van der Waals surface area contributed by atoms with E-state index >= 15 is 0 Å². The van der Waals surface area contributed by atoms with Crippen molar-refractivity contribution in [2.45, 2.75) is 13.0 Å². The van der Waals surface area contributed by atoms with Crippen LogP contribution in [0.25, 0.3) is 38.9 Å². The third-order valence-corrected chi connectivity index (χ3v) is 9.49. The van der Waals surface area contributed by atoms with E-state index in [0.29, 0.717) is 6.54 Å². The van der Waals surface area contributed by atoms with Crippen molar-refractivity contribution in [1.29, 1.82) is 0 Å². The molecule has 5 heteroatoms. The van der Waals surface area contributed by atoms with Crippen molar-refractivity contribution in [2.75, 3.05) is 23.0 Å². The topological polar surface area (TPSA) is 67.3 Å².